The summed E-state index contributed by atoms with van der Waals surface area (Å²) in [5.74, 6) is -1.56. The molecular formula is C15H12N4O9. The third kappa shape index (κ3) is 4.46. The molecule has 0 aliphatic rings. The molecule has 146 valence electrons. The number of carbonyl (C=O) groups excluding carboxylic acids is 1. The first kappa shape index (κ1) is 20.0. The van der Waals surface area contributed by atoms with Gasteiger partial charge in [0.25, 0.3) is 11.7 Å². The number of rotatable bonds is 8. The molecular weight excluding hydrogens is 380 g/mol. The smallest absolute Gasteiger partial charge is 0.320 e. The monoisotopic (exact) mass is 392 g/mol. The van der Waals surface area contributed by atoms with E-state index in [4.69, 9.17) is 9.47 Å². The van der Waals surface area contributed by atoms with Crippen molar-refractivity contribution in [3.8, 4) is 11.5 Å². The van der Waals surface area contributed by atoms with E-state index in [1.54, 1.807) is 0 Å². The predicted molar refractivity (Wildman–Crippen MR) is 93.5 cm³/mol. The Balaban J connectivity index is 2.21. The van der Waals surface area contributed by atoms with E-state index in [0.717, 1.165) is 19.2 Å². The van der Waals surface area contributed by atoms with Crippen LogP contribution in [0.5, 0.6) is 11.5 Å². The van der Waals surface area contributed by atoms with Crippen LogP contribution in [0.4, 0.5) is 22.7 Å². The van der Waals surface area contributed by atoms with Crippen molar-refractivity contribution >= 4 is 28.7 Å². The molecule has 0 radical (unpaired) electrons. The van der Waals surface area contributed by atoms with E-state index in [-0.39, 0.29) is 17.1 Å². The summed E-state index contributed by atoms with van der Waals surface area (Å²) in [5, 5.41) is 35.3. The van der Waals surface area contributed by atoms with Gasteiger partial charge in [0, 0.05) is 18.2 Å². The number of hydrogen-bond acceptors (Lipinski definition) is 9. The fraction of sp³-hybridized carbons (Fsp3) is 0.133. The summed E-state index contributed by atoms with van der Waals surface area (Å²) in [7, 11) is 1.04. The Hall–Kier alpha value is -4.29. The van der Waals surface area contributed by atoms with Crippen LogP contribution in [0.3, 0.4) is 0 Å². The highest BCUT2D eigenvalue weighted by Gasteiger charge is 2.28. The van der Waals surface area contributed by atoms with E-state index in [1.165, 1.54) is 24.3 Å². The van der Waals surface area contributed by atoms with Gasteiger partial charge in [0.15, 0.2) is 12.4 Å². The average molecular weight is 392 g/mol. The molecule has 28 heavy (non-hydrogen) atoms. The number of nitrogens with one attached hydrogen (secondary N) is 1. The van der Waals surface area contributed by atoms with E-state index in [1.807, 2.05) is 0 Å². The highest BCUT2D eigenvalue weighted by Crippen LogP contribution is 2.39. The van der Waals surface area contributed by atoms with Gasteiger partial charge in [0.1, 0.15) is 0 Å². The van der Waals surface area contributed by atoms with Crippen LogP contribution in [0.25, 0.3) is 0 Å². The zero-order chi connectivity index (χ0) is 20.8. The molecule has 0 bridgehead atoms. The third-order valence-electron chi connectivity index (χ3n) is 3.35. The summed E-state index contributed by atoms with van der Waals surface area (Å²) in [5.41, 5.74) is -2.03. The summed E-state index contributed by atoms with van der Waals surface area (Å²) in [4.78, 5) is 42.6. The van der Waals surface area contributed by atoms with E-state index >= 15 is 0 Å². The second-order valence-electron chi connectivity index (χ2n) is 5.12. The minimum absolute atomic E-state index is 0.158. The fourth-order valence-corrected chi connectivity index (χ4v) is 2.22. The number of ether oxygens (including phenoxy) is 2. The minimum Gasteiger partial charge on any atom is -0.485 e. The van der Waals surface area contributed by atoms with Crippen LogP contribution in [0, 0.1) is 30.3 Å². The lowest BCUT2D eigenvalue weighted by Crippen LogP contribution is -2.20. The van der Waals surface area contributed by atoms with E-state index in [9.17, 15) is 35.1 Å². The predicted octanol–water partition coefficient (Wildman–Crippen LogP) is 2.44. The summed E-state index contributed by atoms with van der Waals surface area (Å²) < 4.78 is 9.80. The van der Waals surface area contributed by atoms with Gasteiger partial charge in [-0.05, 0) is 6.07 Å². The molecule has 1 amide bonds. The number of carbonyl (C=O) groups is 1. The third-order valence-corrected chi connectivity index (χ3v) is 3.35. The first-order chi connectivity index (χ1) is 13.2. The molecule has 0 saturated carbocycles. The summed E-state index contributed by atoms with van der Waals surface area (Å²) in [6.45, 7) is -0.668. The number of nitrogens with zero attached hydrogens (tertiary/aromatic N) is 3. The van der Waals surface area contributed by atoms with Crippen molar-refractivity contribution in [1.82, 2.24) is 0 Å². The van der Waals surface area contributed by atoms with Crippen LogP contribution in [-0.2, 0) is 4.79 Å². The van der Waals surface area contributed by atoms with Crippen molar-refractivity contribution < 1.29 is 29.0 Å². The molecule has 0 heterocycles. The highest BCUT2D eigenvalue weighted by atomic mass is 16.6. The van der Waals surface area contributed by atoms with Crippen molar-refractivity contribution in [3.05, 3.63) is 66.7 Å². The fourth-order valence-electron chi connectivity index (χ4n) is 2.22. The first-order valence-corrected chi connectivity index (χ1v) is 7.41. The Morgan fingerprint density at radius 1 is 0.964 bits per heavy atom. The molecule has 2 aromatic rings. The van der Waals surface area contributed by atoms with Gasteiger partial charge < -0.3 is 14.8 Å². The number of benzene rings is 2. The van der Waals surface area contributed by atoms with Gasteiger partial charge in [-0.1, -0.05) is 12.1 Å². The Labute approximate surface area is 155 Å². The molecule has 1 N–H and O–H groups in total. The molecule has 0 spiro atoms. The van der Waals surface area contributed by atoms with Crippen LogP contribution in [0.1, 0.15) is 0 Å². The van der Waals surface area contributed by atoms with Crippen LogP contribution in [0.2, 0.25) is 0 Å². The molecule has 0 atom stereocenters. The molecule has 0 unspecified atom stereocenters. The second-order valence-corrected chi connectivity index (χ2v) is 5.12. The van der Waals surface area contributed by atoms with Gasteiger partial charge in [-0.15, -0.1) is 0 Å². The van der Waals surface area contributed by atoms with Crippen molar-refractivity contribution in [2.45, 2.75) is 0 Å². The summed E-state index contributed by atoms with van der Waals surface area (Å²) in [6.07, 6.45) is 0. The number of methoxy groups -OCH3 is 1. The minimum atomic E-state index is -0.898. The summed E-state index contributed by atoms with van der Waals surface area (Å²) >= 11 is 0. The van der Waals surface area contributed by atoms with Gasteiger partial charge in [0.05, 0.1) is 27.6 Å². The van der Waals surface area contributed by atoms with Gasteiger partial charge >= 0.3 is 17.1 Å². The van der Waals surface area contributed by atoms with Gasteiger partial charge in [0.2, 0.25) is 0 Å². The molecule has 2 aromatic carbocycles. The Bertz CT molecular complexity index is 925. The maximum atomic E-state index is 12.0. The Morgan fingerprint density at radius 2 is 1.50 bits per heavy atom. The maximum absolute atomic E-state index is 12.0. The van der Waals surface area contributed by atoms with Crippen LogP contribution in [-0.4, -0.2) is 34.4 Å². The van der Waals surface area contributed by atoms with Gasteiger partial charge in [-0.2, -0.15) is 0 Å². The number of anilines is 1. The zero-order valence-electron chi connectivity index (χ0n) is 14.2. The van der Waals surface area contributed by atoms with Crippen LogP contribution in [0.15, 0.2) is 36.4 Å². The zero-order valence-corrected chi connectivity index (χ0v) is 14.2. The van der Waals surface area contributed by atoms with Crippen LogP contribution >= 0.6 is 0 Å². The quantitative estimate of drug-likeness (QED) is 0.522. The van der Waals surface area contributed by atoms with E-state index in [2.05, 4.69) is 5.32 Å². The normalized spacial score (nSPS) is 10.0. The molecule has 2 rings (SSSR count). The Kier molecular flexibility index (Phi) is 6.00. The first-order valence-electron chi connectivity index (χ1n) is 7.41. The highest BCUT2D eigenvalue weighted by molar-refractivity contribution is 5.93. The van der Waals surface area contributed by atoms with Crippen molar-refractivity contribution in [2.24, 2.45) is 0 Å². The number of nitro benzene ring substituents is 3. The second kappa shape index (κ2) is 8.39. The molecule has 0 aromatic heterocycles. The number of amides is 1. The van der Waals surface area contributed by atoms with Gasteiger partial charge in [-0.25, -0.2) is 0 Å². The van der Waals surface area contributed by atoms with Crippen LogP contribution < -0.4 is 14.8 Å². The molecule has 13 heteroatoms. The Morgan fingerprint density at radius 3 is 2.00 bits per heavy atom. The van der Waals surface area contributed by atoms with E-state index < -0.39 is 44.4 Å². The lowest BCUT2D eigenvalue weighted by atomic mass is 10.2. The lowest BCUT2D eigenvalue weighted by molar-refractivity contribution is -0.395. The number of hydrogen-bond donors (Lipinski definition) is 1. The van der Waals surface area contributed by atoms with Gasteiger partial charge in [-0.3, -0.25) is 35.1 Å². The SMILES string of the molecule is COc1c([N+](=O)[O-])cc(NC(=O)COc2ccccc2[N+](=O)[O-])cc1[N+](=O)[O-]. The molecule has 0 saturated heterocycles. The standard InChI is InChI=1S/C15H12N4O9/c1-27-15-11(18(23)24)6-9(7-12(15)19(25)26)16-14(20)8-28-13-5-3-2-4-10(13)17(21)22/h2-7H,8H2,1H3,(H,16,20). The van der Waals surface area contributed by atoms with E-state index in [0.29, 0.717) is 0 Å². The maximum Gasteiger partial charge on any atom is 0.320 e. The topological polar surface area (TPSA) is 177 Å². The average Bonchev–Trinajstić information content (AvgIpc) is 2.65. The molecule has 0 aliphatic heterocycles. The lowest BCUT2D eigenvalue weighted by Gasteiger charge is -2.09. The van der Waals surface area contributed by atoms with Crippen molar-refractivity contribution in [2.75, 3.05) is 19.0 Å². The van der Waals surface area contributed by atoms with Crippen molar-refractivity contribution in [1.29, 1.82) is 0 Å². The number of nitro groups is 3. The number of para-hydroxylation sites is 2. The van der Waals surface area contributed by atoms with Crippen molar-refractivity contribution in [3.63, 3.8) is 0 Å². The summed E-state index contributed by atoms with van der Waals surface area (Å²) in [6, 6.07) is 7.12. The molecule has 13 nitrogen and oxygen atoms in total. The molecule has 0 fully saturated rings. The molecule has 0 aliphatic carbocycles. The largest absolute Gasteiger partial charge is 0.485 e.